The summed E-state index contributed by atoms with van der Waals surface area (Å²) in [6.07, 6.45) is 12.9. The molecular formula is C36H32Cl2FNO. The van der Waals surface area contributed by atoms with Crippen molar-refractivity contribution >= 4 is 41.0 Å². The standard InChI is InChI=1S/C36H32Cl2FNO/c1-20-26-18-30(37)31(38)19-28(26)35(41)27(20)17-21-8-14-25-22(16-21)9-15-33-34(25)36(2,3)29-6-4-5-7-32(29)40(33)24-12-10-23(39)11-13-24/h4-10,12,14-18,31,33-35,41H,1,11,13,19H2,2-3H3/b27-17-. The van der Waals surface area contributed by atoms with E-state index in [4.69, 9.17) is 23.2 Å². The number of hydrogen-bond donors (Lipinski definition) is 1. The normalized spacial score (nSPS) is 28.9. The Morgan fingerprint density at radius 1 is 1.12 bits per heavy atom. The summed E-state index contributed by atoms with van der Waals surface area (Å²) in [5.41, 5.74) is 10.4. The van der Waals surface area contributed by atoms with E-state index < -0.39 is 6.10 Å². The van der Waals surface area contributed by atoms with Crippen LogP contribution in [-0.2, 0) is 5.41 Å². The molecule has 0 radical (unpaired) electrons. The van der Waals surface area contributed by atoms with Crippen LogP contribution in [0, 0.1) is 0 Å². The number of alkyl halides is 1. The topological polar surface area (TPSA) is 23.5 Å². The number of halogens is 3. The lowest BCUT2D eigenvalue weighted by atomic mass is 9.61. The van der Waals surface area contributed by atoms with Crippen molar-refractivity contribution in [1.82, 2.24) is 0 Å². The molecule has 2 aromatic carbocycles. The van der Waals surface area contributed by atoms with Crippen LogP contribution in [0.2, 0.25) is 0 Å². The SMILES string of the molecule is C=C1C2=C(CC(Cl)C(Cl)=C2)C(O)/C1=C\c1ccc2c(c1)C=CC1C2C(C)(C)c2ccccc2N1C1=CC=C(F)CC1. The molecule has 0 fully saturated rings. The molecule has 7 rings (SSSR count). The van der Waals surface area contributed by atoms with Gasteiger partial charge in [-0.3, -0.25) is 0 Å². The molecule has 4 unspecified atom stereocenters. The fourth-order valence-electron chi connectivity index (χ4n) is 7.48. The summed E-state index contributed by atoms with van der Waals surface area (Å²) in [4.78, 5) is 2.43. The maximum Gasteiger partial charge on any atom is 0.102 e. The van der Waals surface area contributed by atoms with E-state index in [1.807, 2.05) is 18.2 Å². The Morgan fingerprint density at radius 3 is 2.71 bits per heavy atom. The minimum absolute atomic E-state index is 0.0604. The van der Waals surface area contributed by atoms with E-state index in [1.54, 1.807) is 6.08 Å². The van der Waals surface area contributed by atoms with Crippen molar-refractivity contribution in [3.05, 3.63) is 134 Å². The lowest BCUT2D eigenvalue weighted by Gasteiger charge is -2.53. The van der Waals surface area contributed by atoms with E-state index in [-0.39, 0.29) is 28.6 Å². The highest BCUT2D eigenvalue weighted by molar-refractivity contribution is 6.37. The number of nitrogens with zero attached hydrogens (tertiary/aromatic N) is 1. The second kappa shape index (κ2) is 9.73. The lowest BCUT2D eigenvalue weighted by Crippen LogP contribution is -2.51. The van der Waals surface area contributed by atoms with Crippen molar-refractivity contribution in [1.29, 1.82) is 0 Å². The molecule has 1 heterocycles. The summed E-state index contributed by atoms with van der Waals surface area (Å²) in [6, 6.07) is 15.4. The summed E-state index contributed by atoms with van der Waals surface area (Å²) in [5, 5.41) is 11.4. The first-order valence-electron chi connectivity index (χ1n) is 14.2. The van der Waals surface area contributed by atoms with Crippen LogP contribution in [0.25, 0.3) is 12.2 Å². The number of anilines is 1. The number of allylic oxidation sites excluding steroid dienone is 7. The van der Waals surface area contributed by atoms with Gasteiger partial charge in [0, 0.05) is 34.2 Å². The van der Waals surface area contributed by atoms with Crippen LogP contribution in [0.15, 0.2) is 112 Å². The molecule has 0 bridgehead atoms. The Kier molecular flexibility index (Phi) is 6.35. The van der Waals surface area contributed by atoms with Gasteiger partial charge in [-0.05, 0) is 93.8 Å². The first-order chi connectivity index (χ1) is 19.6. The largest absolute Gasteiger partial charge is 0.384 e. The first-order valence-corrected chi connectivity index (χ1v) is 15.1. The maximum absolute atomic E-state index is 14.0. The number of aliphatic hydroxyl groups excluding tert-OH is 1. The van der Waals surface area contributed by atoms with E-state index in [1.165, 1.54) is 22.4 Å². The zero-order valence-corrected chi connectivity index (χ0v) is 24.7. The molecule has 0 spiro atoms. The molecule has 41 heavy (non-hydrogen) atoms. The van der Waals surface area contributed by atoms with Crippen molar-refractivity contribution in [2.75, 3.05) is 4.90 Å². The van der Waals surface area contributed by atoms with E-state index in [0.29, 0.717) is 24.3 Å². The number of benzene rings is 2. The fourth-order valence-corrected chi connectivity index (χ4v) is 7.89. The molecule has 5 aliphatic rings. The van der Waals surface area contributed by atoms with Crippen LogP contribution < -0.4 is 4.90 Å². The Labute approximate surface area is 251 Å². The molecule has 0 saturated carbocycles. The van der Waals surface area contributed by atoms with Gasteiger partial charge in [-0.2, -0.15) is 0 Å². The molecule has 1 aliphatic heterocycles. The van der Waals surface area contributed by atoms with Gasteiger partial charge in [-0.1, -0.05) is 74.5 Å². The summed E-state index contributed by atoms with van der Waals surface area (Å²) in [6.45, 7) is 8.96. The van der Waals surface area contributed by atoms with Crippen LogP contribution in [0.3, 0.4) is 0 Å². The third-order valence-corrected chi connectivity index (χ3v) is 10.4. The molecular weight excluding hydrogens is 552 g/mol. The van der Waals surface area contributed by atoms with Crippen molar-refractivity contribution in [3.8, 4) is 0 Å². The smallest absolute Gasteiger partial charge is 0.102 e. The molecule has 2 aromatic rings. The Balaban J connectivity index is 1.28. The number of para-hydroxylation sites is 1. The molecule has 4 aliphatic carbocycles. The van der Waals surface area contributed by atoms with Gasteiger partial charge in [0.1, 0.15) is 11.9 Å². The summed E-state index contributed by atoms with van der Waals surface area (Å²) in [5.74, 6) is 0.138. The predicted molar refractivity (Wildman–Crippen MR) is 169 cm³/mol. The minimum atomic E-state index is -0.735. The number of aliphatic hydroxyl groups is 1. The monoisotopic (exact) mass is 583 g/mol. The molecule has 0 aromatic heterocycles. The first kappa shape index (κ1) is 26.8. The van der Waals surface area contributed by atoms with Gasteiger partial charge >= 0.3 is 0 Å². The van der Waals surface area contributed by atoms with Gasteiger partial charge in [0.25, 0.3) is 0 Å². The zero-order chi connectivity index (χ0) is 28.6. The Hall–Kier alpha value is -3.11. The summed E-state index contributed by atoms with van der Waals surface area (Å²) >= 11 is 12.7. The van der Waals surface area contributed by atoms with Crippen molar-refractivity contribution in [3.63, 3.8) is 0 Å². The predicted octanol–water partition coefficient (Wildman–Crippen LogP) is 9.24. The van der Waals surface area contributed by atoms with E-state index >= 15 is 0 Å². The Bertz CT molecular complexity index is 1690. The molecule has 0 amide bonds. The Morgan fingerprint density at radius 2 is 1.93 bits per heavy atom. The minimum Gasteiger partial charge on any atom is -0.384 e. The molecule has 2 nitrogen and oxygen atoms in total. The van der Waals surface area contributed by atoms with Gasteiger partial charge in [0.2, 0.25) is 0 Å². The molecule has 208 valence electrons. The highest BCUT2D eigenvalue weighted by Gasteiger charge is 2.48. The zero-order valence-electron chi connectivity index (χ0n) is 23.2. The second-order valence-electron chi connectivity index (χ2n) is 12.2. The number of fused-ring (bicyclic) bond motifs is 4. The average Bonchev–Trinajstić information content (AvgIpc) is 3.18. The number of hydrogen-bond acceptors (Lipinski definition) is 2. The lowest BCUT2D eigenvalue weighted by molar-refractivity contribution is 0.250. The molecule has 0 saturated heterocycles. The fraction of sp³-hybridized carbons (Fsp3) is 0.278. The van der Waals surface area contributed by atoms with Crippen LogP contribution in [-0.4, -0.2) is 22.6 Å². The van der Waals surface area contributed by atoms with Gasteiger partial charge in [-0.15, -0.1) is 11.6 Å². The average molecular weight is 585 g/mol. The van der Waals surface area contributed by atoms with E-state index in [2.05, 4.69) is 79.9 Å². The molecule has 5 heteroatoms. The van der Waals surface area contributed by atoms with E-state index in [9.17, 15) is 9.50 Å². The summed E-state index contributed by atoms with van der Waals surface area (Å²) in [7, 11) is 0. The van der Waals surface area contributed by atoms with Gasteiger partial charge in [0.05, 0.1) is 11.4 Å². The third kappa shape index (κ3) is 4.16. The van der Waals surface area contributed by atoms with Crippen LogP contribution in [0.4, 0.5) is 10.1 Å². The van der Waals surface area contributed by atoms with Crippen LogP contribution >= 0.6 is 23.2 Å². The van der Waals surface area contributed by atoms with E-state index in [0.717, 1.165) is 33.6 Å². The van der Waals surface area contributed by atoms with Gasteiger partial charge < -0.3 is 10.0 Å². The highest BCUT2D eigenvalue weighted by atomic mass is 35.5. The molecule has 4 atom stereocenters. The maximum atomic E-state index is 14.0. The second-order valence-corrected chi connectivity index (χ2v) is 13.2. The van der Waals surface area contributed by atoms with Gasteiger partial charge in [0.15, 0.2) is 0 Å². The third-order valence-electron chi connectivity index (χ3n) is 9.53. The van der Waals surface area contributed by atoms with Crippen molar-refractivity contribution in [2.24, 2.45) is 0 Å². The highest BCUT2D eigenvalue weighted by Crippen LogP contribution is 2.55. The van der Waals surface area contributed by atoms with Crippen molar-refractivity contribution < 1.29 is 9.50 Å². The van der Waals surface area contributed by atoms with Crippen LogP contribution in [0.5, 0.6) is 0 Å². The quantitative estimate of drug-likeness (QED) is 0.356. The summed E-state index contributed by atoms with van der Waals surface area (Å²) < 4.78 is 14.0. The van der Waals surface area contributed by atoms with Gasteiger partial charge in [-0.25, -0.2) is 4.39 Å². The number of rotatable bonds is 2. The van der Waals surface area contributed by atoms with Crippen molar-refractivity contribution in [2.45, 2.75) is 62.0 Å². The molecule has 1 N–H and O–H groups in total. The van der Waals surface area contributed by atoms with Crippen LogP contribution in [0.1, 0.15) is 61.3 Å².